The summed E-state index contributed by atoms with van der Waals surface area (Å²) in [5, 5.41) is 7.61. The van der Waals surface area contributed by atoms with Crippen LogP contribution in [0.3, 0.4) is 0 Å². The molecule has 1 nitrogen and oxygen atoms in total. The van der Waals surface area contributed by atoms with Crippen molar-refractivity contribution >= 4 is 49.4 Å². The van der Waals surface area contributed by atoms with Crippen molar-refractivity contribution < 1.29 is 0 Å². The Balaban J connectivity index is 1.05. The van der Waals surface area contributed by atoms with E-state index in [-0.39, 0.29) is 0 Å². The fourth-order valence-electron chi connectivity index (χ4n) is 8.07. The lowest BCUT2D eigenvalue weighted by atomic mass is 9.95. The third-order valence-electron chi connectivity index (χ3n) is 10.8. The summed E-state index contributed by atoms with van der Waals surface area (Å²) in [6.07, 6.45) is 0. The zero-order valence-corrected chi connectivity index (χ0v) is 30.3. The van der Waals surface area contributed by atoms with Gasteiger partial charge in [-0.1, -0.05) is 176 Å². The van der Waals surface area contributed by atoms with Gasteiger partial charge in [0.15, 0.2) is 0 Å². The number of benzene rings is 10. The van der Waals surface area contributed by atoms with Crippen molar-refractivity contribution in [3.8, 4) is 44.5 Å². The standard InChI is InChI=1S/C54H37N/c1-2-12-38(13-3-1)43-18-9-21-49(36-43)55(48-31-28-39(29-32-48)45-30-33-54-47(35-45)27-26-41-15-5-7-24-52(41)54)50-22-10-19-44(37-50)42-17-8-20-46(34-42)53-25-11-16-40-14-4-6-23-51(40)53/h1-37H. The van der Waals surface area contributed by atoms with E-state index >= 15 is 0 Å². The molecule has 0 atom stereocenters. The zero-order chi connectivity index (χ0) is 36.6. The highest BCUT2D eigenvalue weighted by Crippen LogP contribution is 2.40. The SMILES string of the molecule is c1ccc(-c2cccc(N(c3ccc(-c4ccc5c(ccc6ccccc65)c4)cc3)c3cccc(-c4cccc(-c5cccc6ccccc56)c4)c3)c2)cc1. The van der Waals surface area contributed by atoms with Crippen LogP contribution >= 0.6 is 0 Å². The Kier molecular flexibility index (Phi) is 8.24. The van der Waals surface area contributed by atoms with Gasteiger partial charge in [-0.3, -0.25) is 0 Å². The van der Waals surface area contributed by atoms with Crippen LogP contribution < -0.4 is 4.90 Å². The fourth-order valence-corrected chi connectivity index (χ4v) is 8.07. The molecule has 10 aromatic rings. The summed E-state index contributed by atoms with van der Waals surface area (Å²) >= 11 is 0. The average Bonchev–Trinajstić information content (AvgIpc) is 3.27. The molecule has 1 heteroatoms. The molecule has 0 aliphatic heterocycles. The maximum atomic E-state index is 2.38. The van der Waals surface area contributed by atoms with E-state index in [0.29, 0.717) is 0 Å². The molecule has 0 aromatic heterocycles. The van der Waals surface area contributed by atoms with Gasteiger partial charge in [-0.2, -0.15) is 0 Å². The Morgan fingerprint density at radius 2 is 0.691 bits per heavy atom. The van der Waals surface area contributed by atoms with E-state index in [9.17, 15) is 0 Å². The molecule has 0 aliphatic carbocycles. The summed E-state index contributed by atoms with van der Waals surface area (Å²) in [5.74, 6) is 0. The molecular weight excluding hydrogens is 663 g/mol. The van der Waals surface area contributed by atoms with Crippen LogP contribution in [-0.2, 0) is 0 Å². The lowest BCUT2D eigenvalue weighted by molar-refractivity contribution is 1.28. The van der Waals surface area contributed by atoms with Crippen molar-refractivity contribution in [2.75, 3.05) is 4.90 Å². The molecule has 55 heavy (non-hydrogen) atoms. The highest BCUT2D eigenvalue weighted by molar-refractivity contribution is 6.08. The van der Waals surface area contributed by atoms with Gasteiger partial charge in [-0.25, -0.2) is 0 Å². The predicted molar refractivity (Wildman–Crippen MR) is 235 cm³/mol. The summed E-state index contributed by atoms with van der Waals surface area (Å²) < 4.78 is 0. The van der Waals surface area contributed by atoms with Gasteiger partial charge in [-0.15, -0.1) is 0 Å². The number of hydrogen-bond acceptors (Lipinski definition) is 1. The summed E-state index contributed by atoms with van der Waals surface area (Å²) in [6.45, 7) is 0. The topological polar surface area (TPSA) is 3.24 Å². The number of rotatable bonds is 7. The van der Waals surface area contributed by atoms with Crippen LogP contribution in [0.2, 0.25) is 0 Å². The van der Waals surface area contributed by atoms with Crippen molar-refractivity contribution in [1.29, 1.82) is 0 Å². The van der Waals surface area contributed by atoms with Crippen molar-refractivity contribution in [3.05, 3.63) is 224 Å². The first-order valence-corrected chi connectivity index (χ1v) is 18.9. The third kappa shape index (κ3) is 6.22. The second kappa shape index (κ2) is 14.0. The average molecular weight is 700 g/mol. The first-order chi connectivity index (χ1) is 27.2. The van der Waals surface area contributed by atoms with Crippen molar-refractivity contribution in [2.24, 2.45) is 0 Å². The Morgan fingerprint density at radius 3 is 1.45 bits per heavy atom. The number of hydrogen-bond donors (Lipinski definition) is 0. The Labute approximate surface area is 322 Å². The largest absolute Gasteiger partial charge is 0.310 e. The van der Waals surface area contributed by atoms with Crippen LogP contribution in [0, 0.1) is 0 Å². The minimum absolute atomic E-state index is 1.10. The van der Waals surface area contributed by atoms with Crippen LogP contribution in [0.4, 0.5) is 17.1 Å². The third-order valence-corrected chi connectivity index (χ3v) is 10.8. The molecule has 0 unspecified atom stereocenters. The molecule has 10 rings (SSSR count). The minimum atomic E-state index is 1.10. The van der Waals surface area contributed by atoms with Crippen LogP contribution in [0.25, 0.3) is 76.8 Å². The fraction of sp³-hybridized carbons (Fsp3) is 0. The minimum Gasteiger partial charge on any atom is -0.310 e. The lowest BCUT2D eigenvalue weighted by Gasteiger charge is -2.27. The van der Waals surface area contributed by atoms with E-state index in [4.69, 9.17) is 0 Å². The summed E-state index contributed by atoms with van der Waals surface area (Å²) in [5.41, 5.74) is 12.9. The zero-order valence-electron chi connectivity index (χ0n) is 30.3. The predicted octanol–water partition coefficient (Wildman–Crippen LogP) is 15.3. The van der Waals surface area contributed by atoms with Crippen molar-refractivity contribution in [2.45, 2.75) is 0 Å². The first kappa shape index (κ1) is 32.4. The summed E-state index contributed by atoms with van der Waals surface area (Å²) in [4.78, 5) is 2.38. The molecule has 0 saturated heterocycles. The summed E-state index contributed by atoms with van der Waals surface area (Å²) in [6, 6.07) is 81.5. The van der Waals surface area contributed by atoms with E-state index in [1.54, 1.807) is 0 Å². The molecule has 0 aliphatic rings. The molecule has 10 aromatic carbocycles. The highest BCUT2D eigenvalue weighted by Gasteiger charge is 2.16. The number of anilines is 3. The van der Waals surface area contributed by atoms with Gasteiger partial charge in [0.05, 0.1) is 0 Å². The molecule has 0 heterocycles. The maximum absolute atomic E-state index is 2.38. The smallest absolute Gasteiger partial charge is 0.0467 e. The van der Waals surface area contributed by atoms with Crippen LogP contribution in [0.15, 0.2) is 224 Å². The van der Waals surface area contributed by atoms with Gasteiger partial charge >= 0.3 is 0 Å². The maximum Gasteiger partial charge on any atom is 0.0467 e. The number of fused-ring (bicyclic) bond motifs is 4. The lowest BCUT2D eigenvalue weighted by Crippen LogP contribution is -2.10. The van der Waals surface area contributed by atoms with E-state index in [1.165, 1.54) is 76.8 Å². The van der Waals surface area contributed by atoms with Crippen molar-refractivity contribution in [1.82, 2.24) is 0 Å². The van der Waals surface area contributed by atoms with Gasteiger partial charge in [0, 0.05) is 17.1 Å². The molecule has 0 saturated carbocycles. The first-order valence-electron chi connectivity index (χ1n) is 18.9. The van der Waals surface area contributed by atoms with E-state index in [0.717, 1.165) is 17.1 Å². The molecule has 0 amide bonds. The van der Waals surface area contributed by atoms with Crippen LogP contribution in [0.1, 0.15) is 0 Å². The molecule has 0 fully saturated rings. The van der Waals surface area contributed by atoms with Gasteiger partial charge in [-0.05, 0) is 125 Å². The molecule has 0 N–H and O–H groups in total. The van der Waals surface area contributed by atoms with Gasteiger partial charge in [0.1, 0.15) is 0 Å². The normalized spacial score (nSPS) is 11.3. The summed E-state index contributed by atoms with van der Waals surface area (Å²) in [7, 11) is 0. The second-order valence-corrected chi connectivity index (χ2v) is 14.2. The number of nitrogens with zero attached hydrogens (tertiary/aromatic N) is 1. The quantitative estimate of drug-likeness (QED) is 0.150. The Hall–Kier alpha value is -7.22. The molecule has 0 radical (unpaired) electrons. The molecule has 0 spiro atoms. The van der Waals surface area contributed by atoms with E-state index in [2.05, 4.69) is 229 Å². The van der Waals surface area contributed by atoms with Crippen molar-refractivity contribution in [3.63, 3.8) is 0 Å². The molecule has 258 valence electrons. The Morgan fingerprint density at radius 1 is 0.218 bits per heavy atom. The monoisotopic (exact) mass is 699 g/mol. The molecule has 0 bridgehead atoms. The van der Waals surface area contributed by atoms with Crippen LogP contribution in [-0.4, -0.2) is 0 Å². The van der Waals surface area contributed by atoms with Gasteiger partial charge < -0.3 is 4.90 Å². The molecular formula is C54H37N. The van der Waals surface area contributed by atoms with E-state index < -0.39 is 0 Å². The Bertz CT molecular complexity index is 2970. The highest BCUT2D eigenvalue weighted by atomic mass is 15.1. The van der Waals surface area contributed by atoms with Crippen LogP contribution in [0.5, 0.6) is 0 Å². The van der Waals surface area contributed by atoms with E-state index in [1.807, 2.05) is 0 Å². The second-order valence-electron chi connectivity index (χ2n) is 14.2. The van der Waals surface area contributed by atoms with Gasteiger partial charge in [0.25, 0.3) is 0 Å². The van der Waals surface area contributed by atoms with Gasteiger partial charge in [0.2, 0.25) is 0 Å².